The fraction of sp³-hybridized carbons (Fsp3) is 0.222. The van der Waals surface area contributed by atoms with Gasteiger partial charge in [0.25, 0.3) is 5.69 Å². The zero-order valence-corrected chi connectivity index (χ0v) is 19.8. The molecule has 3 aromatic carbocycles. The molecule has 0 unspecified atom stereocenters. The topological polar surface area (TPSA) is 127 Å². The molecule has 0 saturated carbocycles. The van der Waals surface area contributed by atoms with E-state index in [0.717, 1.165) is 33.3 Å². The number of aromatic amines is 1. The van der Waals surface area contributed by atoms with Crippen LogP contribution in [0.2, 0.25) is 0 Å². The number of nitro groups is 1. The van der Waals surface area contributed by atoms with Crippen LogP contribution in [0.4, 0.5) is 5.69 Å². The van der Waals surface area contributed by atoms with Gasteiger partial charge in [-0.1, -0.05) is 24.3 Å². The van der Waals surface area contributed by atoms with Gasteiger partial charge in [0.15, 0.2) is 0 Å². The number of ether oxygens (including phenoxy) is 2. The summed E-state index contributed by atoms with van der Waals surface area (Å²) in [5.74, 6) is 0.228. The molecule has 1 aromatic heterocycles. The van der Waals surface area contributed by atoms with Gasteiger partial charge in [0, 0.05) is 40.2 Å². The number of hydrogen-bond donors (Lipinski definition) is 3. The van der Waals surface area contributed by atoms with Crippen LogP contribution >= 0.6 is 0 Å². The first kappa shape index (κ1) is 23.4. The number of methoxy groups -OCH3 is 1. The summed E-state index contributed by atoms with van der Waals surface area (Å²) in [7, 11) is 1.57. The number of rotatable bonds is 7. The number of nitro benzene ring substituents is 1. The van der Waals surface area contributed by atoms with Crippen molar-refractivity contribution in [1.82, 2.24) is 10.3 Å². The molecule has 4 aromatic rings. The van der Waals surface area contributed by atoms with Gasteiger partial charge in [0.2, 0.25) is 0 Å². The van der Waals surface area contributed by atoms with E-state index in [-0.39, 0.29) is 18.3 Å². The summed E-state index contributed by atoms with van der Waals surface area (Å²) in [6.45, 7) is 1.83. The average molecular weight is 488 g/mol. The lowest BCUT2D eigenvalue weighted by molar-refractivity contribution is -0.385. The molecular formula is C27H25N3O6. The van der Waals surface area contributed by atoms with Gasteiger partial charge in [-0.25, -0.2) is 0 Å². The number of aliphatic carboxylic acids is 1. The maximum absolute atomic E-state index is 12.0. The lowest BCUT2D eigenvalue weighted by Crippen LogP contribution is -2.45. The number of aryl methyl sites for hydroxylation is 1. The molecule has 0 amide bonds. The van der Waals surface area contributed by atoms with Crippen LogP contribution in [0.15, 0.2) is 60.7 Å². The summed E-state index contributed by atoms with van der Waals surface area (Å²) in [5.41, 5.74) is 5.08. The van der Waals surface area contributed by atoms with Gasteiger partial charge in [-0.05, 0) is 48.4 Å². The predicted octanol–water partition coefficient (Wildman–Crippen LogP) is 4.66. The maximum atomic E-state index is 12.0. The van der Waals surface area contributed by atoms with Crippen LogP contribution in [0.5, 0.6) is 11.5 Å². The molecule has 2 atom stereocenters. The summed E-state index contributed by atoms with van der Waals surface area (Å²) in [5, 5.41) is 25.2. The quantitative estimate of drug-likeness (QED) is 0.256. The first-order valence-corrected chi connectivity index (χ1v) is 11.5. The van der Waals surface area contributed by atoms with E-state index in [2.05, 4.69) is 10.3 Å². The summed E-state index contributed by atoms with van der Waals surface area (Å²) in [6, 6.07) is 17.1. The fourth-order valence-corrected chi connectivity index (χ4v) is 4.83. The van der Waals surface area contributed by atoms with Gasteiger partial charge in [-0.2, -0.15) is 0 Å². The van der Waals surface area contributed by atoms with Crippen LogP contribution in [-0.2, 0) is 17.8 Å². The van der Waals surface area contributed by atoms with Gasteiger partial charge in [0.05, 0.1) is 18.1 Å². The van der Waals surface area contributed by atoms with Crippen molar-refractivity contribution in [2.45, 2.75) is 32.0 Å². The number of H-pyrrole nitrogens is 1. The lowest BCUT2D eigenvalue weighted by atomic mass is 9.89. The Morgan fingerprint density at radius 3 is 2.69 bits per heavy atom. The molecular weight excluding hydrogens is 462 g/mol. The number of fused-ring (bicyclic) bond motifs is 3. The molecule has 184 valence electrons. The van der Waals surface area contributed by atoms with Crippen LogP contribution in [0, 0.1) is 17.0 Å². The second-order valence-corrected chi connectivity index (χ2v) is 8.82. The lowest BCUT2D eigenvalue weighted by Gasteiger charge is -2.30. The zero-order chi connectivity index (χ0) is 25.4. The molecule has 0 fully saturated rings. The summed E-state index contributed by atoms with van der Waals surface area (Å²) >= 11 is 0. The van der Waals surface area contributed by atoms with Crippen LogP contribution < -0.4 is 14.8 Å². The third-order valence-corrected chi connectivity index (χ3v) is 6.61. The molecule has 0 spiro atoms. The number of nitrogens with one attached hydrogen (secondary N) is 2. The number of aromatic nitrogens is 1. The Labute approximate surface area is 206 Å². The van der Waals surface area contributed by atoms with E-state index in [1.54, 1.807) is 26.2 Å². The minimum atomic E-state index is -0.901. The van der Waals surface area contributed by atoms with Crippen LogP contribution in [0.1, 0.15) is 34.0 Å². The molecule has 1 aliphatic rings. The molecule has 36 heavy (non-hydrogen) atoms. The molecule has 3 N–H and O–H groups in total. The maximum Gasteiger partial charge on any atom is 0.321 e. The molecule has 1 aliphatic heterocycles. The molecule has 0 saturated heterocycles. The normalized spacial score (nSPS) is 16.9. The molecule has 9 nitrogen and oxygen atoms in total. The van der Waals surface area contributed by atoms with Gasteiger partial charge in [-0.3, -0.25) is 20.2 Å². The van der Waals surface area contributed by atoms with Gasteiger partial charge >= 0.3 is 5.97 Å². The largest absolute Gasteiger partial charge is 0.496 e. The summed E-state index contributed by atoms with van der Waals surface area (Å²) in [4.78, 5) is 26.1. The number of carboxylic acids is 1. The SMILES string of the molecule is COc1ccc([C@@H]2N[C@H](C(=O)O)Cc3c2[nH]c2ccccc32)cc1COc1ccc([N+](=O)[O-])c(C)c1. The van der Waals surface area contributed by atoms with Crippen molar-refractivity contribution < 1.29 is 24.3 Å². The number of carboxylic acid groups (broad SMARTS) is 1. The highest BCUT2D eigenvalue weighted by Gasteiger charge is 2.34. The van der Waals surface area contributed by atoms with E-state index < -0.39 is 16.9 Å². The molecule has 2 heterocycles. The van der Waals surface area contributed by atoms with Gasteiger partial charge in [0.1, 0.15) is 24.1 Å². The Morgan fingerprint density at radius 1 is 1.17 bits per heavy atom. The Morgan fingerprint density at radius 2 is 1.97 bits per heavy atom. The molecule has 0 radical (unpaired) electrons. The predicted molar refractivity (Wildman–Crippen MR) is 134 cm³/mol. The number of para-hydroxylation sites is 1. The van der Waals surface area contributed by atoms with Crippen LogP contribution in [0.3, 0.4) is 0 Å². The molecule has 5 rings (SSSR count). The van der Waals surface area contributed by atoms with Crippen molar-refractivity contribution >= 4 is 22.6 Å². The third kappa shape index (κ3) is 4.25. The van der Waals surface area contributed by atoms with E-state index in [4.69, 9.17) is 9.47 Å². The van der Waals surface area contributed by atoms with E-state index in [0.29, 0.717) is 23.5 Å². The highest BCUT2D eigenvalue weighted by Crippen LogP contribution is 2.37. The number of carbonyl (C=O) groups is 1. The fourth-order valence-electron chi connectivity index (χ4n) is 4.83. The van der Waals surface area contributed by atoms with E-state index in [1.807, 2.05) is 42.5 Å². The summed E-state index contributed by atoms with van der Waals surface area (Å²) < 4.78 is 11.5. The smallest absolute Gasteiger partial charge is 0.321 e. The van der Waals surface area contributed by atoms with Crippen molar-refractivity contribution in [3.63, 3.8) is 0 Å². The first-order valence-electron chi connectivity index (χ1n) is 11.5. The molecule has 9 heteroatoms. The highest BCUT2D eigenvalue weighted by molar-refractivity contribution is 5.87. The standard InChI is InChI=1S/C27H25N3O6/c1-15-11-18(8-9-23(15)30(33)34)36-14-17-12-16(7-10-24(17)35-2)25-26-20(13-22(29-25)27(31)32)19-5-3-4-6-21(19)28-26/h3-12,22,25,28-29H,13-14H2,1-2H3,(H,31,32)/t22-,25-/m0/s1. The van der Waals surface area contributed by atoms with E-state index in [9.17, 15) is 20.0 Å². The minimum Gasteiger partial charge on any atom is -0.496 e. The Balaban J connectivity index is 1.49. The Hall–Kier alpha value is -4.37. The van der Waals surface area contributed by atoms with Gasteiger partial charge < -0.3 is 19.6 Å². The van der Waals surface area contributed by atoms with Gasteiger partial charge in [-0.15, -0.1) is 0 Å². The van der Waals surface area contributed by atoms with E-state index >= 15 is 0 Å². The third-order valence-electron chi connectivity index (χ3n) is 6.61. The average Bonchev–Trinajstić information content (AvgIpc) is 3.25. The van der Waals surface area contributed by atoms with Crippen LogP contribution in [0.25, 0.3) is 10.9 Å². The van der Waals surface area contributed by atoms with Crippen molar-refractivity contribution in [2.75, 3.05) is 7.11 Å². The number of nitrogens with zero attached hydrogens (tertiary/aromatic N) is 1. The van der Waals surface area contributed by atoms with E-state index in [1.165, 1.54) is 6.07 Å². The van der Waals surface area contributed by atoms with Crippen molar-refractivity contribution in [3.8, 4) is 11.5 Å². The second-order valence-electron chi connectivity index (χ2n) is 8.82. The van der Waals surface area contributed by atoms with Crippen LogP contribution in [-0.4, -0.2) is 34.1 Å². The Kier molecular flexibility index (Phi) is 6.07. The number of hydrogen-bond acceptors (Lipinski definition) is 6. The van der Waals surface area contributed by atoms with Crippen molar-refractivity contribution in [2.24, 2.45) is 0 Å². The van der Waals surface area contributed by atoms with Crippen molar-refractivity contribution in [3.05, 3.63) is 98.7 Å². The monoisotopic (exact) mass is 487 g/mol. The summed E-state index contributed by atoms with van der Waals surface area (Å²) in [6.07, 6.45) is 0.386. The molecule has 0 aliphatic carbocycles. The Bertz CT molecular complexity index is 1480. The minimum absolute atomic E-state index is 0.0347. The first-order chi connectivity index (χ1) is 17.4. The number of benzene rings is 3. The highest BCUT2D eigenvalue weighted by atomic mass is 16.6. The zero-order valence-electron chi connectivity index (χ0n) is 19.8. The van der Waals surface area contributed by atoms with Crippen molar-refractivity contribution in [1.29, 1.82) is 0 Å². The molecule has 0 bridgehead atoms. The second kappa shape index (κ2) is 9.35.